The zero-order valence-corrected chi connectivity index (χ0v) is 14.4. The van der Waals surface area contributed by atoms with Crippen LogP contribution in [0.15, 0.2) is 12.7 Å². The minimum atomic E-state index is -0.390. The van der Waals surface area contributed by atoms with Crippen LogP contribution >= 0.6 is 12.4 Å². The number of carbonyl (C=O) groups is 2. The molecule has 6 nitrogen and oxygen atoms in total. The molecule has 0 bridgehead atoms. The molecule has 0 spiro atoms. The molecule has 1 heterocycles. The Bertz CT molecular complexity index is 419. The van der Waals surface area contributed by atoms with Gasteiger partial charge in [0.1, 0.15) is 12.1 Å². The zero-order valence-electron chi connectivity index (χ0n) is 13.6. The fourth-order valence-corrected chi connectivity index (χ4v) is 3.32. The molecular weight excluding hydrogens is 320 g/mol. The lowest BCUT2D eigenvalue weighted by molar-refractivity contribution is -0.142. The first-order valence-corrected chi connectivity index (χ1v) is 8.03. The van der Waals surface area contributed by atoms with Crippen molar-refractivity contribution in [2.45, 2.75) is 56.7 Å². The van der Waals surface area contributed by atoms with Crippen molar-refractivity contribution in [3.8, 4) is 0 Å². The Morgan fingerprint density at radius 1 is 1.35 bits per heavy atom. The smallest absolute Gasteiger partial charge is 0.407 e. The molecule has 1 saturated carbocycles. The highest BCUT2D eigenvalue weighted by atomic mass is 35.5. The minimum Gasteiger partial charge on any atom is -0.468 e. The van der Waals surface area contributed by atoms with Gasteiger partial charge in [-0.25, -0.2) is 4.79 Å². The van der Waals surface area contributed by atoms with Crippen LogP contribution < -0.4 is 10.6 Å². The summed E-state index contributed by atoms with van der Waals surface area (Å²) in [6.45, 7) is 4.33. The lowest BCUT2D eigenvalue weighted by Gasteiger charge is -2.30. The average molecular weight is 347 g/mol. The van der Waals surface area contributed by atoms with Crippen molar-refractivity contribution in [1.82, 2.24) is 10.6 Å². The molecule has 1 amide bonds. The predicted molar refractivity (Wildman–Crippen MR) is 89.6 cm³/mol. The second-order valence-corrected chi connectivity index (χ2v) is 6.07. The number of nitrogens with one attached hydrogen (secondary N) is 2. The third-order valence-corrected chi connectivity index (χ3v) is 4.51. The Morgan fingerprint density at radius 2 is 2.09 bits per heavy atom. The molecule has 0 radical (unpaired) electrons. The third kappa shape index (κ3) is 5.70. The van der Waals surface area contributed by atoms with Crippen LogP contribution in [0.3, 0.4) is 0 Å². The van der Waals surface area contributed by atoms with Gasteiger partial charge in [-0.3, -0.25) is 4.79 Å². The van der Waals surface area contributed by atoms with Crippen LogP contribution in [-0.2, 0) is 14.3 Å². The normalized spacial score (nSPS) is 30.0. The maximum atomic E-state index is 12.1. The third-order valence-electron chi connectivity index (χ3n) is 4.51. The minimum absolute atomic E-state index is 0. The van der Waals surface area contributed by atoms with Gasteiger partial charge in [-0.05, 0) is 38.0 Å². The summed E-state index contributed by atoms with van der Waals surface area (Å²) in [6.07, 6.45) is 7.17. The highest BCUT2D eigenvalue weighted by molar-refractivity contribution is 5.85. The largest absolute Gasteiger partial charge is 0.468 e. The molecular formula is C16H27ClN2O4. The summed E-state index contributed by atoms with van der Waals surface area (Å²) >= 11 is 0. The van der Waals surface area contributed by atoms with Crippen molar-refractivity contribution in [1.29, 1.82) is 0 Å². The van der Waals surface area contributed by atoms with Gasteiger partial charge in [-0.2, -0.15) is 0 Å². The number of alkyl carbamates (subject to hydrolysis) is 1. The van der Waals surface area contributed by atoms with Crippen molar-refractivity contribution >= 4 is 24.5 Å². The van der Waals surface area contributed by atoms with Crippen molar-refractivity contribution in [3.63, 3.8) is 0 Å². The summed E-state index contributed by atoms with van der Waals surface area (Å²) in [7, 11) is 1.36. The topological polar surface area (TPSA) is 76.7 Å². The van der Waals surface area contributed by atoms with Crippen molar-refractivity contribution in [2.75, 3.05) is 13.7 Å². The Balaban J connectivity index is 0.00000264. The second-order valence-electron chi connectivity index (χ2n) is 6.07. The first-order valence-electron chi connectivity index (χ1n) is 8.03. The lowest BCUT2D eigenvalue weighted by atomic mass is 9.84. The molecule has 4 atom stereocenters. The van der Waals surface area contributed by atoms with Crippen LogP contribution in [0.4, 0.5) is 4.79 Å². The molecule has 2 N–H and O–H groups in total. The van der Waals surface area contributed by atoms with E-state index in [1.807, 2.05) is 6.08 Å². The summed E-state index contributed by atoms with van der Waals surface area (Å²) in [6, 6.07) is -0.448. The van der Waals surface area contributed by atoms with Gasteiger partial charge in [0.05, 0.1) is 7.11 Å². The number of halogens is 1. The van der Waals surface area contributed by atoms with Crippen LogP contribution in [0.25, 0.3) is 0 Å². The highest BCUT2D eigenvalue weighted by Gasteiger charge is 2.32. The van der Waals surface area contributed by atoms with E-state index in [1.165, 1.54) is 13.5 Å². The lowest BCUT2D eigenvalue weighted by Crippen LogP contribution is -2.40. The van der Waals surface area contributed by atoms with Crippen molar-refractivity contribution in [2.24, 2.45) is 5.92 Å². The summed E-state index contributed by atoms with van der Waals surface area (Å²) < 4.78 is 10.3. The zero-order chi connectivity index (χ0) is 15.9. The first kappa shape index (κ1) is 19.8. The number of allylic oxidation sites excluding steroid dienone is 1. The van der Waals surface area contributed by atoms with Gasteiger partial charge in [0.15, 0.2) is 0 Å². The van der Waals surface area contributed by atoms with E-state index in [1.54, 1.807) is 0 Å². The maximum absolute atomic E-state index is 12.1. The SMILES string of the molecule is C=CCC1CCCCC1OC(=O)N[C@H]1CN[C@H](C(=O)OC)C1.Cl. The van der Waals surface area contributed by atoms with E-state index in [4.69, 9.17) is 9.47 Å². The van der Waals surface area contributed by atoms with Gasteiger partial charge < -0.3 is 20.1 Å². The number of ether oxygens (including phenoxy) is 2. The number of methoxy groups -OCH3 is 1. The monoisotopic (exact) mass is 346 g/mol. The van der Waals surface area contributed by atoms with Gasteiger partial charge >= 0.3 is 12.1 Å². The number of rotatable bonds is 5. The van der Waals surface area contributed by atoms with Gasteiger partial charge in [0, 0.05) is 12.6 Å². The summed E-state index contributed by atoms with van der Waals surface area (Å²) in [4.78, 5) is 23.5. The number of hydrogen-bond donors (Lipinski definition) is 2. The molecule has 7 heteroatoms. The molecule has 2 fully saturated rings. The molecule has 0 aromatic carbocycles. The Labute approximate surface area is 143 Å². The van der Waals surface area contributed by atoms with Crippen molar-refractivity contribution < 1.29 is 19.1 Å². The van der Waals surface area contributed by atoms with E-state index < -0.39 is 6.09 Å². The number of amides is 1. The second kappa shape index (κ2) is 9.78. The Morgan fingerprint density at radius 3 is 2.78 bits per heavy atom. The van der Waals surface area contributed by atoms with Crippen LogP contribution in [0, 0.1) is 5.92 Å². The van der Waals surface area contributed by atoms with E-state index in [0.717, 1.165) is 25.7 Å². The standard InChI is InChI=1S/C16H26N2O4.ClH/c1-3-6-11-7-4-5-8-14(11)22-16(20)18-12-9-13(17-10-12)15(19)21-2;/h3,11-14,17H,1,4-10H2,2H3,(H,18,20);1H/t11?,12-,13+,14?;/m1./s1. The predicted octanol–water partition coefficient (Wildman–Crippen LogP) is 2.17. The molecule has 2 aliphatic rings. The molecule has 0 aromatic rings. The number of hydrogen-bond acceptors (Lipinski definition) is 5. The average Bonchev–Trinajstić information content (AvgIpc) is 2.97. The highest BCUT2D eigenvalue weighted by Crippen LogP contribution is 2.29. The van der Waals surface area contributed by atoms with Gasteiger partial charge in [-0.1, -0.05) is 12.5 Å². The van der Waals surface area contributed by atoms with E-state index in [0.29, 0.717) is 18.9 Å². The number of esters is 1. The summed E-state index contributed by atoms with van der Waals surface area (Å²) in [5.74, 6) is 0.0810. The van der Waals surface area contributed by atoms with Gasteiger partial charge in [0.25, 0.3) is 0 Å². The van der Waals surface area contributed by atoms with Gasteiger partial charge in [-0.15, -0.1) is 19.0 Å². The van der Waals surface area contributed by atoms with Crippen molar-refractivity contribution in [3.05, 3.63) is 12.7 Å². The van der Waals surface area contributed by atoms with E-state index in [2.05, 4.69) is 17.2 Å². The van der Waals surface area contributed by atoms with E-state index >= 15 is 0 Å². The quantitative estimate of drug-likeness (QED) is 0.589. The Kier molecular flexibility index (Phi) is 8.41. The maximum Gasteiger partial charge on any atom is 0.407 e. The van der Waals surface area contributed by atoms with Crippen LogP contribution in [0.1, 0.15) is 38.5 Å². The van der Waals surface area contributed by atoms with Crippen LogP contribution in [0.2, 0.25) is 0 Å². The molecule has 23 heavy (non-hydrogen) atoms. The molecule has 1 saturated heterocycles. The molecule has 1 aliphatic heterocycles. The molecule has 0 aromatic heterocycles. The van der Waals surface area contributed by atoms with Crippen LogP contribution in [0.5, 0.6) is 0 Å². The summed E-state index contributed by atoms with van der Waals surface area (Å²) in [5, 5.41) is 5.88. The molecule has 2 unspecified atom stereocenters. The van der Waals surface area contributed by atoms with Crippen LogP contribution in [-0.4, -0.2) is 43.9 Å². The molecule has 132 valence electrons. The van der Waals surface area contributed by atoms with Gasteiger partial charge in [0.2, 0.25) is 0 Å². The molecule has 2 rings (SSSR count). The fourth-order valence-electron chi connectivity index (χ4n) is 3.32. The van der Waals surface area contributed by atoms with E-state index in [9.17, 15) is 9.59 Å². The van der Waals surface area contributed by atoms with E-state index in [-0.39, 0.29) is 36.6 Å². The fraction of sp³-hybridized carbons (Fsp3) is 0.750. The summed E-state index contributed by atoms with van der Waals surface area (Å²) in [5.41, 5.74) is 0. The first-order chi connectivity index (χ1) is 10.6. The number of carbonyl (C=O) groups excluding carboxylic acids is 2. The molecule has 1 aliphatic carbocycles. The Hall–Kier alpha value is -1.27.